The number of carbonyl (C=O) groups is 2. The third kappa shape index (κ3) is 7.64. The van der Waals surface area contributed by atoms with Crippen molar-refractivity contribution in [3.8, 4) is 0 Å². The van der Waals surface area contributed by atoms with Crippen LogP contribution in [0, 0.1) is 5.82 Å². The lowest BCUT2D eigenvalue weighted by molar-refractivity contribution is 0.0627. The second-order valence-corrected chi connectivity index (χ2v) is 9.38. The molecule has 1 heterocycles. The summed E-state index contributed by atoms with van der Waals surface area (Å²) in [7, 11) is 0. The van der Waals surface area contributed by atoms with Crippen LogP contribution in [0.25, 0.3) is 0 Å². The zero-order valence-corrected chi connectivity index (χ0v) is 21.4. The minimum Gasteiger partial charge on any atom is -0.336 e. The van der Waals surface area contributed by atoms with Gasteiger partial charge in [-0.05, 0) is 47.4 Å². The first kappa shape index (κ1) is 26.4. The highest BCUT2D eigenvalue weighted by atomic mass is 19.1. The Morgan fingerprint density at radius 2 is 1.49 bits per heavy atom. The normalized spacial score (nSPS) is 13.8. The van der Waals surface area contributed by atoms with Gasteiger partial charge in [-0.3, -0.25) is 9.69 Å². The van der Waals surface area contributed by atoms with Crippen molar-refractivity contribution in [2.24, 2.45) is 0 Å². The third-order valence-corrected chi connectivity index (χ3v) is 6.82. The Kier molecular flexibility index (Phi) is 9.27. The van der Waals surface area contributed by atoms with Crippen LogP contribution < -0.4 is 5.32 Å². The molecule has 37 heavy (non-hydrogen) atoms. The van der Waals surface area contributed by atoms with E-state index >= 15 is 0 Å². The van der Waals surface area contributed by atoms with Crippen molar-refractivity contribution in [3.63, 3.8) is 0 Å². The van der Waals surface area contributed by atoms with Gasteiger partial charge >= 0.3 is 6.03 Å². The van der Waals surface area contributed by atoms with Crippen molar-refractivity contribution in [1.82, 2.24) is 20.0 Å². The first-order chi connectivity index (χ1) is 18.0. The maximum Gasteiger partial charge on any atom is 0.318 e. The number of hydrogen-bond donors (Lipinski definition) is 1. The Bertz CT molecular complexity index is 1140. The molecule has 3 amide bonds. The molecule has 0 aliphatic carbocycles. The molecule has 1 N–H and O–H groups in total. The lowest BCUT2D eigenvalue weighted by Crippen LogP contribution is -2.51. The van der Waals surface area contributed by atoms with Crippen LogP contribution in [-0.4, -0.2) is 65.9 Å². The monoisotopic (exact) mass is 502 g/mol. The number of carbonyl (C=O) groups excluding carboxylic acids is 2. The number of nitrogens with zero attached hydrogens (tertiary/aromatic N) is 3. The van der Waals surface area contributed by atoms with Gasteiger partial charge in [-0.2, -0.15) is 0 Å². The topological polar surface area (TPSA) is 55.9 Å². The van der Waals surface area contributed by atoms with E-state index in [0.717, 1.165) is 36.2 Å². The van der Waals surface area contributed by atoms with Crippen LogP contribution in [0.1, 0.15) is 34.0 Å². The van der Waals surface area contributed by atoms with E-state index in [1.165, 1.54) is 17.7 Å². The number of urea groups is 1. The largest absolute Gasteiger partial charge is 0.336 e. The van der Waals surface area contributed by atoms with Crippen LogP contribution >= 0.6 is 0 Å². The SMILES string of the molecule is CCc1ccc(C(=O)N2CCN(CCN(Cc3ccc(F)cc3)C(=O)NCc3ccccc3)CC2)cc1. The van der Waals surface area contributed by atoms with Crippen LogP contribution in [-0.2, 0) is 19.5 Å². The number of nitrogens with one attached hydrogen (secondary N) is 1. The summed E-state index contributed by atoms with van der Waals surface area (Å²) in [6, 6.07) is 23.8. The molecule has 0 saturated carbocycles. The summed E-state index contributed by atoms with van der Waals surface area (Å²) in [4.78, 5) is 31.9. The van der Waals surface area contributed by atoms with Crippen molar-refractivity contribution < 1.29 is 14.0 Å². The summed E-state index contributed by atoms with van der Waals surface area (Å²) < 4.78 is 13.4. The van der Waals surface area contributed by atoms with Gasteiger partial charge < -0.3 is 15.1 Å². The highest BCUT2D eigenvalue weighted by Crippen LogP contribution is 2.12. The number of halogens is 1. The molecule has 1 saturated heterocycles. The molecule has 1 aliphatic heterocycles. The van der Waals surface area contributed by atoms with E-state index in [1.807, 2.05) is 59.5 Å². The molecule has 3 aromatic carbocycles. The summed E-state index contributed by atoms with van der Waals surface area (Å²) in [6.45, 7) is 7.01. The van der Waals surface area contributed by atoms with Gasteiger partial charge in [0.2, 0.25) is 0 Å². The lowest BCUT2D eigenvalue weighted by atomic mass is 10.1. The molecule has 0 unspecified atom stereocenters. The Balaban J connectivity index is 1.31. The summed E-state index contributed by atoms with van der Waals surface area (Å²) in [5.74, 6) is -0.224. The molecule has 3 aromatic rings. The van der Waals surface area contributed by atoms with Gasteiger partial charge in [0, 0.05) is 57.9 Å². The number of benzene rings is 3. The molecule has 0 aromatic heterocycles. The van der Waals surface area contributed by atoms with Gasteiger partial charge in [-0.1, -0.05) is 61.5 Å². The third-order valence-electron chi connectivity index (χ3n) is 6.82. The first-order valence-electron chi connectivity index (χ1n) is 12.9. The number of hydrogen-bond acceptors (Lipinski definition) is 3. The second kappa shape index (κ2) is 13.0. The zero-order valence-electron chi connectivity index (χ0n) is 21.4. The minimum atomic E-state index is -0.294. The minimum absolute atomic E-state index is 0.0699. The Labute approximate surface area is 218 Å². The first-order valence-corrected chi connectivity index (χ1v) is 12.9. The van der Waals surface area contributed by atoms with Gasteiger partial charge in [0.05, 0.1) is 0 Å². The summed E-state index contributed by atoms with van der Waals surface area (Å²) in [5.41, 5.74) is 3.86. The summed E-state index contributed by atoms with van der Waals surface area (Å²) in [5, 5.41) is 3.01. The van der Waals surface area contributed by atoms with Crippen molar-refractivity contribution in [2.45, 2.75) is 26.4 Å². The molecule has 0 bridgehead atoms. The fourth-order valence-electron chi connectivity index (χ4n) is 4.45. The van der Waals surface area contributed by atoms with E-state index < -0.39 is 0 Å². The van der Waals surface area contributed by atoms with Gasteiger partial charge in [0.1, 0.15) is 5.82 Å². The van der Waals surface area contributed by atoms with E-state index in [0.29, 0.717) is 39.3 Å². The van der Waals surface area contributed by atoms with Gasteiger partial charge in [-0.15, -0.1) is 0 Å². The molecule has 0 atom stereocenters. The number of piperazine rings is 1. The Morgan fingerprint density at radius 1 is 0.838 bits per heavy atom. The van der Waals surface area contributed by atoms with E-state index in [4.69, 9.17) is 0 Å². The highest BCUT2D eigenvalue weighted by molar-refractivity contribution is 5.94. The molecule has 194 valence electrons. The second-order valence-electron chi connectivity index (χ2n) is 9.38. The predicted octanol–water partition coefficient (Wildman–Crippen LogP) is 4.56. The van der Waals surface area contributed by atoms with E-state index in [1.54, 1.807) is 17.0 Å². The number of rotatable bonds is 9. The molecule has 0 spiro atoms. The fourth-order valence-corrected chi connectivity index (χ4v) is 4.45. The summed E-state index contributed by atoms with van der Waals surface area (Å²) >= 11 is 0. The van der Waals surface area contributed by atoms with E-state index in [9.17, 15) is 14.0 Å². The highest BCUT2D eigenvalue weighted by Gasteiger charge is 2.23. The Hall–Kier alpha value is -3.71. The molecule has 1 fully saturated rings. The van der Waals surface area contributed by atoms with Crippen molar-refractivity contribution in [2.75, 3.05) is 39.3 Å². The predicted molar refractivity (Wildman–Crippen MR) is 144 cm³/mol. The van der Waals surface area contributed by atoms with E-state index in [-0.39, 0.29) is 17.8 Å². The van der Waals surface area contributed by atoms with Crippen LogP contribution in [0.15, 0.2) is 78.9 Å². The Morgan fingerprint density at radius 3 is 2.14 bits per heavy atom. The van der Waals surface area contributed by atoms with Crippen molar-refractivity contribution in [1.29, 1.82) is 0 Å². The molecule has 6 nitrogen and oxygen atoms in total. The molecular weight excluding hydrogens is 467 g/mol. The standard InChI is InChI=1S/C30H35FN4O2/c1-2-24-8-12-27(13-9-24)29(36)34-19-16-33(17-20-34)18-21-35(23-26-10-14-28(31)15-11-26)30(37)32-22-25-6-4-3-5-7-25/h3-15H,2,16-23H2,1H3,(H,32,37). The van der Waals surface area contributed by atoms with Crippen molar-refractivity contribution in [3.05, 3.63) is 107 Å². The van der Waals surface area contributed by atoms with Crippen LogP contribution in [0.5, 0.6) is 0 Å². The smallest absolute Gasteiger partial charge is 0.318 e. The van der Waals surface area contributed by atoms with Gasteiger partial charge in [0.15, 0.2) is 0 Å². The molecular formula is C30H35FN4O2. The maximum absolute atomic E-state index is 13.4. The fraction of sp³-hybridized carbons (Fsp3) is 0.333. The molecule has 0 radical (unpaired) electrons. The van der Waals surface area contributed by atoms with Crippen LogP contribution in [0.2, 0.25) is 0 Å². The van der Waals surface area contributed by atoms with Crippen LogP contribution in [0.4, 0.5) is 9.18 Å². The van der Waals surface area contributed by atoms with Gasteiger partial charge in [0.25, 0.3) is 5.91 Å². The average Bonchev–Trinajstić information content (AvgIpc) is 2.95. The van der Waals surface area contributed by atoms with Crippen molar-refractivity contribution >= 4 is 11.9 Å². The number of aryl methyl sites for hydroxylation is 1. The number of amides is 3. The quantitative estimate of drug-likeness (QED) is 0.467. The summed E-state index contributed by atoms with van der Waals surface area (Å²) in [6.07, 6.45) is 0.954. The lowest BCUT2D eigenvalue weighted by Gasteiger charge is -2.36. The van der Waals surface area contributed by atoms with E-state index in [2.05, 4.69) is 17.1 Å². The average molecular weight is 503 g/mol. The molecule has 4 rings (SSSR count). The van der Waals surface area contributed by atoms with Gasteiger partial charge in [-0.25, -0.2) is 9.18 Å². The zero-order chi connectivity index (χ0) is 26.0. The molecule has 1 aliphatic rings. The molecule has 7 heteroatoms. The van der Waals surface area contributed by atoms with Crippen LogP contribution in [0.3, 0.4) is 0 Å². The maximum atomic E-state index is 13.4.